The summed E-state index contributed by atoms with van der Waals surface area (Å²) in [5.74, 6) is -1.63. The molecule has 4 heteroatoms. The summed E-state index contributed by atoms with van der Waals surface area (Å²) in [7, 11) is 0. The number of hydrogen-bond donors (Lipinski definition) is 1. The van der Waals surface area contributed by atoms with E-state index >= 15 is 0 Å². The largest absolute Gasteiger partial charge is 0.394 e. The fourth-order valence-corrected chi connectivity index (χ4v) is 0.273. The van der Waals surface area contributed by atoms with Gasteiger partial charge in [-0.2, -0.15) is 13.2 Å². The van der Waals surface area contributed by atoms with Gasteiger partial charge in [0, 0.05) is 0 Å². The SMILES string of the molecule is CC([C@H](C)O)C(F)(F)F. The number of aliphatic hydroxyl groups excluding tert-OH is 1. The molecule has 9 heavy (non-hydrogen) atoms. The molecule has 0 saturated carbocycles. The van der Waals surface area contributed by atoms with Crippen molar-refractivity contribution in [3.8, 4) is 0 Å². The summed E-state index contributed by atoms with van der Waals surface area (Å²) in [6.07, 6.45) is -5.58. The van der Waals surface area contributed by atoms with Gasteiger partial charge < -0.3 is 5.11 Å². The molecule has 0 radical (unpaired) electrons. The predicted octanol–water partition coefficient (Wildman–Crippen LogP) is 1.57. The lowest BCUT2D eigenvalue weighted by Crippen LogP contribution is -2.29. The smallest absolute Gasteiger partial charge is 0.393 e. The highest BCUT2D eigenvalue weighted by Crippen LogP contribution is 2.27. The van der Waals surface area contributed by atoms with Gasteiger partial charge in [0.05, 0.1) is 12.0 Å². The van der Waals surface area contributed by atoms with Gasteiger partial charge in [-0.3, -0.25) is 0 Å². The average Bonchev–Trinajstić information content (AvgIpc) is 1.62. The maximum absolute atomic E-state index is 11.5. The van der Waals surface area contributed by atoms with Gasteiger partial charge in [0.2, 0.25) is 0 Å². The Morgan fingerprint density at radius 3 is 1.56 bits per heavy atom. The Bertz CT molecular complexity index is 86.7. The zero-order valence-corrected chi connectivity index (χ0v) is 5.24. The van der Waals surface area contributed by atoms with Gasteiger partial charge in [0.15, 0.2) is 0 Å². The summed E-state index contributed by atoms with van der Waals surface area (Å²) in [4.78, 5) is 0. The van der Waals surface area contributed by atoms with Crippen molar-refractivity contribution >= 4 is 0 Å². The Balaban J connectivity index is 3.88. The van der Waals surface area contributed by atoms with E-state index in [-0.39, 0.29) is 0 Å². The Hall–Kier alpha value is -0.250. The fraction of sp³-hybridized carbons (Fsp3) is 1.00. The van der Waals surface area contributed by atoms with Crippen LogP contribution in [0.2, 0.25) is 0 Å². The summed E-state index contributed by atoms with van der Waals surface area (Å²) in [6, 6.07) is 0. The first-order valence-corrected chi connectivity index (χ1v) is 2.60. The Morgan fingerprint density at radius 2 is 1.56 bits per heavy atom. The fourth-order valence-electron chi connectivity index (χ4n) is 0.273. The highest BCUT2D eigenvalue weighted by molar-refractivity contribution is 4.66. The normalized spacial score (nSPS) is 19.3. The molecule has 0 heterocycles. The standard InChI is InChI=1S/C5H9F3O/c1-3(4(2)9)5(6,7)8/h3-4,9H,1-2H3/t3?,4-/m0/s1. The summed E-state index contributed by atoms with van der Waals surface area (Å²) < 4.78 is 34.6. The lowest BCUT2D eigenvalue weighted by Gasteiger charge is -2.17. The molecule has 0 aliphatic rings. The van der Waals surface area contributed by atoms with Crippen LogP contribution in [0.1, 0.15) is 13.8 Å². The summed E-state index contributed by atoms with van der Waals surface area (Å²) in [5.41, 5.74) is 0. The molecule has 1 unspecified atom stereocenters. The third kappa shape index (κ3) is 2.70. The molecular formula is C5H9F3O. The minimum atomic E-state index is -4.27. The van der Waals surface area contributed by atoms with Crippen LogP contribution in [0.15, 0.2) is 0 Å². The second-order valence-electron chi connectivity index (χ2n) is 2.07. The number of hydrogen-bond acceptors (Lipinski definition) is 1. The number of alkyl halides is 3. The lowest BCUT2D eigenvalue weighted by molar-refractivity contribution is -0.191. The van der Waals surface area contributed by atoms with Crippen LogP contribution in [0.5, 0.6) is 0 Å². The number of aliphatic hydroxyl groups is 1. The molecule has 1 N–H and O–H groups in total. The Labute approximate surface area is 51.5 Å². The quantitative estimate of drug-likeness (QED) is 0.589. The summed E-state index contributed by atoms with van der Waals surface area (Å²) in [6.45, 7) is 2.07. The van der Waals surface area contributed by atoms with Crippen LogP contribution < -0.4 is 0 Å². The van der Waals surface area contributed by atoms with Crippen molar-refractivity contribution in [2.75, 3.05) is 0 Å². The van der Waals surface area contributed by atoms with E-state index in [9.17, 15) is 13.2 Å². The maximum atomic E-state index is 11.5. The van der Waals surface area contributed by atoms with Crippen molar-refractivity contribution in [1.29, 1.82) is 0 Å². The van der Waals surface area contributed by atoms with Crippen LogP contribution in [0.4, 0.5) is 13.2 Å². The highest BCUT2D eigenvalue weighted by Gasteiger charge is 2.38. The minimum absolute atomic E-state index is 0.949. The molecule has 0 aliphatic heterocycles. The third-order valence-electron chi connectivity index (χ3n) is 1.24. The second-order valence-corrected chi connectivity index (χ2v) is 2.07. The molecular weight excluding hydrogens is 133 g/mol. The molecule has 0 aliphatic carbocycles. The first-order chi connectivity index (χ1) is 3.85. The molecule has 0 spiro atoms. The minimum Gasteiger partial charge on any atom is -0.393 e. The molecule has 1 nitrogen and oxygen atoms in total. The highest BCUT2D eigenvalue weighted by atomic mass is 19.4. The van der Waals surface area contributed by atoms with Crippen molar-refractivity contribution in [2.45, 2.75) is 26.1 Å². The number of halogens is 3. The molecule has 2 atom stereocenters. The third-order valence-corrected chi connectivity index (χ3v) is 1.24. The van der Waals surface area contributed by atoms with Gasteiger partial charge in [-0.1, -0.05) is 6.92 Å². The monoisotopic (exact) mass is 142 g/mol. The molecule has 0 bridgehead atoms. The van der Waals surface area contributed by atoms with E-state index in [1.54, 1.807) is 0 Å². The molecule has 0 saturated heterocycles. The summed E-state index contributed by atoms with van der Waals surface area (Å²) in [5, 5.41) is 8.44. The topological polar surface area (TPSA) is 20.2 Å². The van der Waals surface area contributed by atoms with Gasteiger partial charge >= 0.3 is 6.18 Å². The van der Waals surface area contributed by atoms with E-state index < -0.39 is 18.2 Å². The molecule has 56 valence electrons. The van der Waals surface area contributed by atoms with Gasteiger partial charge in [0.25, 0.3) is 0 Å². The Kier molecular flexibility index (Phi) is 2.49. The lowest BCUT2D eigenvalue weighted by atomic mass is 10.1. The van der Waals surface area contributed by atoms with Crippen molar-refractivity contribution in [1.82, 2.24) is 0 Å². The first kappa shape index (κ1) is 8.75. The van der Waals surface area contributed by atoms with Crippen molar-refractivity contribution in [3.05, 3.63) is 0 Å². The molecule has 0 amide bonds. The maximum Gasteiger partial charge on any atom is 0.394 e. The van der Waals surface area contributed by atoms with Crippen LogP contribution in [0.25, 0.3) is 0 Å². The molecule has 0 aromatic rings. The van der Waals surface area contributed by atoms with Crippen LogP contribution in [-0.4, -0.2) is 17.4 Å². The molecule has 0 aromatic heterocycles. The van der Waals surface area contributed by atoms with Gasteiger partial charge in [-0.15, -0.1) is 0 Å². The van der Waals surface area contributed by atoms with E-state index in [4.69, 9.17) is 5.11 Å². The Morgan fingerprint density at radius 1 is 1.22 bits per heavy atom. The van der Waals surface area contributed by atoms with E-state index in [1.165, 1.54) is 0 Å². The zero-order valence-electron chi connectivity index (χ0n) is 5.24. The van der Waals surface area contributed by atoms with Gasteiger partial charge in [0.1, 0.15) is 0 Å². The molecule has 0 rings (SSSR count). The van der Waals surface area contributed by atoms with E-state index in [1.807, 2.05) is 0 Å². The second kappa shape index (κ2) is 2.56. The average molecular weight is 142 g/mol. The van der Waals surface area contributed by atoms with Crippen LogP contribution >= 0.6 is 0 Å². The van der Waals surface area contributed by atoms with E-state index in [2.05, 4.69) is 0 Å². The van der Waals surface area contributed by atoms with E-state index in [0.29, 0.717) is 0 Å². The number of rotatable bonds is 1. The predicted molar refractivity (Wildman–Crippen MR) is 26.9 cm³/mol. The van der Waals surface area contributed by atoms with Gasteiger partial charge in [-0.25, -0.2) is 0 Å². The summed E-state index contributed by atoms with van der Waals surface area (Å²) >= 11 is 0. The van der Waals surface area contributed by atoms with Crippen LogP contribution in [-0.2, 0) is 0 Å². The molecule has 0 fully saturated rings. The van der Waals surface area contributed by atoms with Crippen molar-refractivity contribution in [2.24, 2.45) is 5.92 Å². The molecule has 0 aromatic carbocycles. The zero-order chi connectivity index (χ0) is 7.65. The van der Waals surface area contributed by atoms with Gasteiger partial charge in [-0.05, 0) is 6.92 Å². The van der Waals surface area contributed by atoms with Crippen LogP contribution in [0, 0.1) is 5.92 Å². The van der Waals surface area contributed by atoms with Crippen LogP contribution in [0.3, 0.4) is 0 Å². The van der Waals surface area contributed by atoms with Crippen molar-refractivity contribution in [3.63, 3.8) is 0 Å². The van der Waals surface area contributed by atoms with Crippen molar-refractivity contribution < 1.29 is 18.3 Å². The first-order valence-electron chi connectivity index (χ1n) is 2.60. The van der Waals surface area contributed by atoms with E-state index in [0.717, 1.165) is 13.8 Å².